The van der Waals surface area contributed by atoms with E-state index >= 15 is 0 Å². The summed E-state index contributed by atoms with van der Waals surface area (Å²) >= 11 is 1.81. The van der Waals surface area contributed by atoms with Crippen LogP contribution in [-0.4, -0.2) is 7.11 Å². The van der Waals surface area contributed by atoms with E-state index in [0.717, 1.165) is 11.5 Å². The summed E-state index contributed by atoms with van der Waals surface area (Å²) in [6.45, 7) is 0.591. The van der Waals surface area contributed by atoms with E-state index in [-0.39, 0.29) is 0 Å². The van der Waals surface area contributed by atoms with Crippen LogP contribution in [0.25, 0.3) is 0 Å². The van der Waals surface area contributed by atoms with Gasteiger partial charge in [0.2, 0.25) is 0 Å². The van der Waals surface area contributed by atoms with Crippen molar-refractivity contribution in [3.63, 3.8) is 0 Å². The van der Waals surface area contributed by atoms with Crippen molar-refractivity contribution in [1.29, 1.82) is 0 Å². The van der Waals surface area contributed by atoms with Gasteiger partial charge in [0.1, 0.15) is 5.75 Å². The molecule has 2 rings (SSSR count). The van der Waals surface area contributed by atoms with Gasteiger partial charge in [-0.25, -0.2) is 0 Å². The first-order valence-electron chi connectivity index (χ1n) is 5.86. The minimum atomic E-state index is 0.591. The van der Waals surface area contributed by atoms with Crippen LogP contribution in [0.5, 0.6) is 5.75 Å². The summed E-state index contributed by atoms with van der Waals surface area (Å²) < 4.78 is 5.22. The number of methoxy groups -OCH3 is 1. The molecule has 0 aliphatic heterocycles. The normalized spacial score (nSPS) is 10.3. The van der Waals surface area contributed by atoms with Gasteiger partial charge in [-0.05, 0) is 35.4 Å². The molecule has 0 saturated carbocycles. The summed E-state index contributed by atoms with van der Waals surface area (Å²) in [6.07, 6.45) is 0. The van der Waals surface area contributed by atoms with Crippen LogP contribution in [0, 0.1) is 0 Å². The number of nitrogens with two attached hydrogens (primary N) is 1. The van der Waals surface area contributed by atoms with Gasteiger partial charge in [0, 0.05) is 17.2 Å². The van der Waals surface area contributed by atoms with Gasteiger partial charge < -0.3 is 10.5 Å². The molecule has 0 fully saturated rings. The highest BCUT2D eigenvalue weighted by Crippen LogP contribution is 2.25. The number of rotatable bonds is 5. The third-order valence-corrected chi connectivity index (χ3v) is 3.74. The molecule has 18 heavy (non-hydrogen) atoms. The van der Waals surface area contributed by atoms with Crippen molar-refractivity contribution in [3.05, 3.63) is 59.7 Å². The van der Waals surface area contributed by atoms with Crippen molar-refractivity contribution >= 4 is 11.8 Å². The molecule has 0 amide bonds. The lowest BCUT2D eigenvalue weighted by Crippen LogP contribution is -1.95. The van der Waals surface area contributed by atoms with Gasteiger partial charge in [-0.15, -0.1) is 11.8 Å². The first-order chi connectivity index (χ1) is 8.81. The van der Waals surface area contributed by atoms with Crippen molar-refractivity contribution in [2.75, 3.05) is 7.11 Å². The number of ether oxygens (including phenoxy) is 1. The Balaban J connectivity index is 2.01. The molecule has 94 valence electrons. The second-order valence-corrected chi connectivity index (χ2v) is 5.04. The van der Waals surface area contributed by atoms with E-state index < -0.39 is 0 Å². The average Bonchev–Trinajstić information content (AvgIpc) is 2.45. The van der Waals surface area contributed by atoms with Crippen LogP contribution in [0.4, 0.5) is 0 Å². The molecule has 0 bridgehead atoms. The van der Waals surface area contributed by atoms with Crippen molar-refractivity contribution < 1.29 is 4.74 Å². The maximum Gasteiger partial charge on any atom is 0.119 e. The Labute approximate surface area is 112 Å². The third kappa shape index (κ3) is 3.52. The number of benzene rings is 2. The van der Waals surface area contributed by atoms with E-state index in [1.165, 1.54) is 16.0 Å². The molecule has 2 nitrogen and oxygen atoms in total. The maximum atomic E-state index is 5.64. The monoisotopic (exact) mass is 259 g/mol. The largest absolute Gasteiger partial charge is 0.497 e. The fourth-order valence-corrected chi connectivity index (χ4v) is 2.61. The van der Waals surface area contributed by atoms with Gasteiger partial charge >= 0.3 is 0 Å². The summed E-state index contributed by atoms with van der Waals surface area (Å²) in [7, 11) is 1.69. The van der Waals surface area contributed by atoms with Crippen molar-refractivity contribution in [3.8, 4) is 5.75 Å². The molecule has 0 aliphatic rings. The second-order valence-electron chi connectivity index (χ2n) is 3.99. The van der Waals surface area contributed by atoms with E-state index in [2.05, 4.69) is 36.4 Å². The zero-order valence-electron chi connectivity index (χ0n) is 10.4. The molecule has 0 spiro atoms. The van der Waals surface area contributed by atoms with Gasteiger partial charge in [-0.2, -0.15) is 0 Å². The Kier molecular flexibility index (Phi) is 4.67. The summed E-state index contributed by atoms with van der Waals surface area (Å²) in [6, 6.07) is 16.5. The Bertz CT molecular complexity index is 466. The summed E-state index contributed by atoms with van der Waals surface area (Å²) in [5, 5.41) is 0. The minimum Gasteiger partial charge on any atom is -0.497 e. The third-order valence-electron chi connectivity index (χ3n) is 2.67. The Morgan fingerprint density at radius 1 is 1.06 bits per heavy atom. The van der Waals surface area contributed by atoms with Gasteiger partial charge in [-0.3, -0.25) is 0 Å². The van der Waals surface area contributed by atoms with Crippen LogP contribution in [0.2, 0.25) is 0 Å². The van der Waals surface area contributed by atoms with Crippen LogP contribution in [0.1, 0.15) is 11.1 Å². The van der Waals surface area contributed by atoms with E-state index in [0.29, 0.717) is 6.54 Å². The molecule has 0 atom stereocenters. The minimum absolute atomic E-state index is 0.591. The van der Waals surface area contributed by atoms with Crippen molar-refractivity contribution in [1.82, 2.24) is 0 Å². The van der Waals surface area contributed by atoms with Gasteiger partial charge in [0.05, 0.1) is 7.11 Å². The van der Waals surface area contributed by atoms with Crippen molar-refractivity contribution in [2.24, 2.45) is 5.73 Å². The quantitative estimate of drug-likeness (QED) is 0.835. The highest BCUT2D eigenvalue weighted by molar-refractivity contribution is 7.98. The van der Waals surface area contributed by atoms with Crippen molar-refractivity contribution in [2.45, 2.75) is 17.2 Å². The zero-order valence-corrected chi connectivity index (χ0v) is 11.2. The lowest BCUT2D eigenvalue weighted by Gasteiger charge is -2.05. The Morgan fingerprint density at radius 2 is 1.83 bits per heavy atom. The standard InChI is InChI=1S/C15H17NOS/c1-17-14-6-2-5-13(8-14)11-18-15-7-3-4-12(9-15)10-16/h2-9H,10-11,16H2,1H3. The second kappa shape index (κ2) is 6.47. The number of hydrogen-bond acceptors (Lipinski definition) is 3. The molecule has 2 aromatic carbocycles. The first-order valence-corrected chi connectivity index (χ1v) is 6.85. The Morgan fingerprint density at radius 3 is 2.61 bits per heavy atom. The molecular formula is C15H17NOS. The summed E-state index contributed by atoms with van der Waals surface area (Å²) in [5.41, 5.74) is 8.07. The van der Waals surface area contributed by atoms with E-state index in [1.54, 1.807) is 7.11 Å². The van der Waals surface area contributed by atoms with Crippen LogP contribution < -0.4 is 10.5 Å². The maximum absolute atomic E-state index is 5.64. The molecule has 0 radical (unpaired) electrons. The topological polar surface area (TPSA) is 35.2 Å². The molecule has 2 aromatic rings. The number of thioether (sulfide) groups is 1. The highest BCUT2D eigenvalue weighted by Gasteiger charge is 1.99. The lowest BCUT2D eigenvalue weighted by atomic mass is 10.2. The van der Waals surface area contributed by atoms with Gasteiger partial charge in [0.15, 0.2) is 0 Å². The zero-order chi connectivity index (χ0) is 12.8. The molecule has 2 N–H and O–H groups in total. The predicted octanol–water partition coefficient (Wildman–Crippen LogP) is 3.45. The predicted molar refractivity (Wildman–Crippen MR) is 76.9 cm³/mol. The SMILES string of the molecule is COc1cccc(CSc2cccc(CN)c2)c1. The Hall–Kier alpha value is -1.45. The molecule has 0 aliphatic carbocycles. The lowest BCUT2D eigenvalue weighted by molar-refractivity contribution is 0.414. The molecule has 0 unspecified atom stereocenters. The van der Waals surface area contributed by atoms with Gasteiger partial charge in [-0.1, -0.05) is 24.3 Å². The fourth-order valence-electron chi connectivity index (χ4n) is 1.69. The van der Waals surface area contributed by atoms with E-state index in [4.69, 9.17) is 10.5 Å². The average molecular weight is 259 g/mol. The summed E-state index contributed by atoms with van der Waals surface area (Å²) in [4.78, 5) is 1.25. The molecule has 0 heterocycles. The molecule has 0 aromatic heterocycles. The van der Waals surface area contributed by atoms with Crippen LogP contribution in [-0.2, 0) is 12.3 Å². The molecular weight excluding hydrogens is 242 g/mol. The fraction of sp³-hybridized carbons (Fsp3) is 0.200. The van der Waals surface area contributed by atoms with Crippen LogP contribution in [0.3, 0.4) is 0 Å². The van der Waals surface area contributed by atoms with Crippen LogP contribution in [0.15, 0.2) is 53.4 Å². The van der Waals surface area contributed by atoms with Crippen LogP contribution >= 0.6 is 11.8 Å². The van der Waals surface area contributed by atoms with E-state index in [1.807, 2.05) is 23.9 Å². The van der Waals surface area contributed by atoms with Gasteiger partial charge in [0.25, 0.3) is 0 Å². The summed E-state index contributed by atoms with van der Waals surface area (Å²) in [5.74, 6) is 1.84. The smallest absolute Gasteiger partial charge is 0.119 e. The molecule has 0 saturated heterocycles. The highest BCUT2D eigenvalue weighted by atomic mass is 32.2. The number of hydrogen-bond donors (Lipinski definition) is 1. The van der Waals surface area contributed by atoms with E-state index in [9.17, 15) is 0 Å². The first kappa shape index (κ1) is 13.0. The molecule has 3 heteroatoms.